The Morgan fingerprint density at radius 2 is 1.97 bits per heavy atom. The number of aromatic amines is 1. The minimum Gasteiger partial charge on any atom is -0.383 e. The lowest BCUT2D eigenvalue weighted by Gasteiger charge is -2.23. The summed E-state index contributed by atoms with van der Waals surface area (Å²) in [5.41, 5.74) is 12.4. The highest BCUT2D eigenvalue weighted by molar-refractivity contribution is 6.07. The number of hydrogen-bond donors (Lipinski definition) is 3. The summed E-state index contributed by atoms with van der Waals surface area (Å²) in [4.78, 5) is 21.4. The number of H-pyrrole nitrogens is 1. The fraction of sp³-hybridized carbons (Fsp3) is 0.167. The third-order valence-electron chi connectivity index (χ3n) is 5.85. The van der Waals surface area contributed by atoms with Gasteiger partial charge in [-0.25, -0.2) is 15.0 Å². The molecule has 0 amide bonds. The van der Waals surface area contributed by atoms with Crippen molar-refractivity contribution in [1.29, 1.82) is 0 Å². The molecule has 32 heavy (non-hydrogen) atoms. The summed E-state index contributed by atoms with van der Waals surface area (Å²) in [5.74, 6) is 0.407. The van der Waals surface area contributed by atoms with Crippen molar-refractivity contribution in [2.24, 2.45) is 0 Å². The van der Waals surface area contributed by atoms with Gasteiger partial charge in [0.1, 0.15) is 18.2 Å². The molecule has 4 N–H and O–H groups in total. The quantitative estimate of drug-likeness (QED) is 0.407. The van der Waals surface area contributed by atoms with Gasteiger partial charge in [0.25, 0.3) is 0 Å². The number of ether oxygens (including phenoxy) is 1. The number of para-hydroxylation sites is 1. The highest BCUT2D eigenvalue weighted by atomic mass is 16.5. The lowest BCUT2D eigenvalue weighted by Crippen LogP contribution is -2.33. The van der Waals surface area contributed by atoms with Crippen molar-refractivity contribution in [1.82, 2.24) is 30.2 Å². The molecular formula is C24H21N7O. The first-order valence-electron chi connectivity index (χ1n) is 10.5. The molecule has 0 saturated carbocycles. The molecule has 0 radical (unpaired) electrons. The van der Waals surface area contributed by atoms with Crippen LogP contribution in [-0.4, -0.2) is 44.6 Å². The minimum atomic E-state index is -0.0308. The second-order valence-corrected chi connectivity index (χ2v) is 7.80. The van der Waals surface area contributed by atoms with E-state index in [2.05, 4.69) is 31.3 Å². The van der Waals surface area contributed by atoms with Crippen molar-refractivity contribution in [2.75, 3.05) is 25.4 Å². The van der Waals surface area contributed by atoms with Crippen molar-refractivity contribution >= 4 is 27.8 Å². The van der Waals surface area contributed by atoms with Gasteiger partial charge >= 0.3 is 0 Å². The summed E-state index contributed by atoms with van der Waals surface area (Å²) in [7, 11) is 0. The van der Waals surface area contributed by atoms with Crippen LogP contribution in [-0.2, 0) is 4.74 Å². The van der Waals surface area contributed by atoms with Crippen LogP contribution in [0.15, 0.2) is 61.2 Å². The van der Waals surface area contributed by atoms with Crippen molar-refractivity contribution in [3.05, 3.63) is 66.9 Å². The fourth-order valence-corrected chi connectivity index (χ4v) is 4.25. The molecule has 0 aliphatic carbocycles. The highest BCUT2D eigenvalue weighted by Gasteiger charge is 2.19. The van der Waals surface area contributed by atoms with E-state index in [1.807, 2.05) is 48.8 Å². The van der Waals surface area contributed by atoms with Gasteiger partial charge in [-0.3, -0.25) is 4.98 Å². The Morgan fingerprint density at radius 3 is 2.81 bits per heavy atom. The van der Waals surface area contributed by atoms with Crippen LogP contribution in [0.25, 0.3) is 44.3 Å². The van der Waals surface area contributed by atoms with E-state index in [0.717, 1.165) is 57.5 Å². The summed E-state index contributed by atoms with van der Waals surface area (Å²) in [6.45, 7) is 2.33. The van der Waals surface area contributed by atoms with E-state index in [9.17, 15) is 0 Å². The minimum absolute atomic E-state index is 0.0308. The molecule has 6 rings (SSSR count). The van der Waals surface area contributed by atoms with Gasteiger partial charge in [0, 0.05) is 53.1 Å². The van der Waals surface area contributed by atoms with Gasteiger partial charge in [0.2, 0.25) is 0 Å². The normalized spacial score (nSPS) is 16.6. The average Bonchev–Trinajstić information content (AvgIpc) is 3.28. The maximum atomic E-state index is 6.26. The molecule has 1 aliphatic rings. The SMILES string of the molecule is Nc1ncnc2nc(-c3ccc(C4CNCCO4)nc3)cc(-c3c[nH]c4ccccc34)c12. The molecule has 8 nitrogen and oxygen atoms in total. The number of morpholine rings is 1. The molecule has 1 unspecified atom stereocenters. The topological polar surface area (TPSA) is 115 Å². The first-order valence-corrected chi connectivity index (χ1v) is 10.5. The van der Waals surface area contributed by atoms with Gasteiger partial charge in [-0.15, -0.1) is 0 Å². The summed E-state index contributed by atoms with van der Waals surface area (Å²) < 4.78 is 5.81. The zero-order chi connectivity index (χ0) is 21.5. The number of anilines is 1. The first-order chi connectivity index (χ1) is 15.8. The standard InChI is InChI=1S/C24H21N7O/c25-23-22-16(17-11-28-18-4-2-1-3-15(17)18)9-20(31-24(22)30-13-29-23)14-5-6-19(27-10-14)21-12-26-7-8-32-21/h1-6,9-11,13,21,26,28H,7-8,12H2,(H2,25,29,30,31). The highest BCUT2D eigenvalue weighted by Crippen LogP contribution is 2.37. The van der Waals surface area contributed by atoms with Crippen LogP contribution < -0.4 is 11.1 Å². The molecule has 1 aromatic carbocycles. The van der Waals surface area contributed by atoms with Crippen LogP contribution in [0.5, 0.6) is 0 Å². The molecule has 5 aromatic rings. The number of nitrogens with zero attached hydrogens (tertiary/aromatic N) is 4. The van der Waals surface area contributed by atoms with E-state index in [0.29, 0.717) is 18.1 Å². The molecule has 1 saturated heterocycles. The number of nitrogen functional groups attached to an aromatic ring is 1. The smallest absolute Gasteiger partial charge is 0.165 e. The van der Waals surface area contributed by atoms with Gasteiger partial charge in [0.05, 0.1) is 23.4 Å². The predicted molar refractivity (Wildman–Crippen MR) is 124 cm³/mol. The molecule has 0 spiro atoms. The zero-order valence-corrected chi connectivity index (χ0v) is 17.2. The van der Waals surface area contributed by atoms with Gasteiger partial charge in [-0.1, -0.05) is 18.2 Å². The molecule has 1 atom stereocenters. The number of benzene rings is 1. The number of hydrogen-bond acceptors (Lipinski definition) is 7. The molecule has 0 bridgehead atoms. The third-order valence-corrected chi connectivity index (χ3v) is 5.85. The number of pyridine rings is 2. The maximum Gasteiger partial charge on any atom is 0.165 e. The average molecular weight is 423 g/mol. The predicted octanol–water partition coefficient (Wildman–Crippen LogP) is 3.48. The Hall–Kier alpha value is -3.88. The van der Waals surface area contributed by atoms with Crippen molar-refractivity contribution in [3.63, 3.8) is 0 Å². The van der Waals surface area contributed by atoms with Crippen molar-refractivity contribution in [2.45, 2.75) is 6.10 Å². The van der Waals surface area contributed by atoms with E-state index in [4.69, 9.17) is 15.5 Å². The Balaban J connectivity index is 1.50. The number of aromatic nitrogens is 5. The van der Waals surface area contributed by atoms with Gasteiger partial charge in [0.15, 0.2) is 5.65 Å². The number of rotatable bonds is 3. The van der Waals surface area contributed by atoms with Gasteiger partial charge < -0.3 is 20.8 Å². The largest absolute Gasteiger partial charge is 0.383 e. The maximum absolute atomic E-state index is 6.26. The molecule has 158 valence electrons. The van der Waals surface area contributed by atoms with Crippen LogP contribution in [0, 0.1) is 0 Å². The number of fused-ring (bicyclic) bond motifs is 2. The number of nitrogens with two attached hydrogens (primary N) is 1. The van der Waals surface area contributed by atoms with E-state index >= 15 is 0 Å². The zero-order valence-electron chi connectivity index (χ0n) is 17.2. The summed E-state index contributed by atoms with van der Waals surface area (Å²) in [6.07, 6.45) is 5.24. The van der Waals surface area contributed by atoms with Crippen LogP contribution in [0.2, 0.25) is 0 Å². The van der Waals surface area contributed by atoms with Gasteiger partial charge in [-0.05, 0) is 24.3 Å². The Labute approximate surface area is 183 Å². The van der Waals surface area contributed by atoms with E-state index in [1.54, 1.807) is 0 Å². The van der Waals surface area contributed by atoms with E-state index < -0.39 is 0 Å². The Kier molecular flexibility index (Phi) is 4.52. The Morgan fingerprint density at radius 1 is 1.03 bits per heavy atom. The van der Waals surface area contributed by atoms with Crippen LogP contribution in [0.3, 0.4) is 0 Å². The van der Waals surface area contributed by atoms with E-state index in [1.165, 1.54) is 6.33 Å². The lowest BCUT2D eigenvalue weighted by atomic mass is 9.99. The van der Waals surface area contributed by atoms with Crippen LogP contribution in [0.4, 0.5) is 5.82 Å². The molecule has 1 aliphatic heterocycles. The van der Waals surface area contributed by atoms with E-state index in [-0.39, 0.29) is 6.10 Å². The second-order valence-electron chi connectivity index (χ2n) is 7.80. The first kappa shape index (κ1) is 18.9. The van der Waals surface area contributed by atoms with Crippen LogP contribution in [0.1, 0.15) is 11.8 Å². The third kappa shape index (κ3) is 3.17. The van der Waals surface area contributed by atoms with Crippen molar-refractivity contribution in [3.8, 4) is 22.4 Å². The summed E-state index contributed by atoms with van der Waals surface area (Å²) in [6, 6.07) is 14.2. The molecular weight excluding hydrogens is 402 g/mol. The fourth-order valence-electron chi connectivity index (χ4n) is 4.25. The monoisotopic (exact) mass is 423 g/mol. The molecule has 1 fully saturated rings. The lowest BCUT2D eigenvalue weighted by molar-refractivity contribution is 0.0250. The molecule has 8 heteroatoms. The van der Waals surface area contributed by atoms with Crippen LogP contribution >= 0.6 is 0 Å². The Bertz CT molecular complexity index is 1420. The summed E-state index contributed by atoms with van der Waals surface area (Å²) in [5, 5.41) is 5.18. The second kappa shape index (κ2) is 7.67. The van der Waals surface area contributed by atoms with Gasteiger partial charge in [-0.2, -0.15) is 0 Å². The van der Waals surface area contributed by atoms with Crippen molar-refractivity contribution < 1.29 is 4.74 Å². The molecule has 5 heterocycles. The molecule has 4 aromatic heterocycles. The summed E-state index contributed by atoms with van der Waals surface area (Å²) >= 11 is 0. The number of nitrogens with one attached hydrogen (secondary N) is 2.